The van der Waals surface area contributed by atoms with E-state index >= 15 is 0 Å². The maximum atomic E-state index is 12.7. The van der Waals surface area contributed by atoms with Gasteiger partial charge in [-0.3, -0.25) is 4.79 Å². The van der Waals surface area contributed by atoms with Crippen LogP contribution in [0.3, 0.4) is 0 Å². The van der Waals surface area contributed by atoms with E-state index in [1.807, 2.05) is 0 Å². The van der Waals surface area contributed by atoms with Gasteiger partial charge in [-0.2, -0.15) is 18.3 Å². The first-order chi connectivity index (χ1) is 14.5. The summed E-state index contributed by atoms with van der Waals surface area (Å²) >= 11 is 0. The highest BCUT2D eigenvalue weighted by Crippen LogP contribution is 2.31. The average Bonchev–Trinajstić information content (AvgIpc) is 3.11. The van der Waals surface area contributed by atoms with Crippen molar-refractivity contribution in [3.8, 4) is 5.75 Å². The van der Waals surface area contributed by atoms with E-state index in [1.165, 1.54) is 24.6 Å². The third-order valence-corrected chi connectivity index (χ3v) is 4.38. The van der Waals surface area contributed by atoms with Gasteiger partial charge in [0.2, 0.25) is 0 Å². The second kappa shape index (κ2) is 8.29. The summed E-state index contributed by atoms with van der Waals surface area (Å²) in [4.78, 5) is 24.8. The van der Waals surface area contributed by atoms with Gasteiger partial charge in [0.15, 0.2) is 5.60 Å². The van der Waals surface area contributed by atoms with Gasteiger partial charge >= 0.3 is 12.1 Å². The zero-order valence-corrected chi connectivity index (χ0v) is 17.0. The van der Waals surface area contributed by atoms with E-state index in [4.69, 9.17) is 9.47 Å². The van der Waals surface area contributed by atoms with E-state index in [0.717, 1.165) is 24.3 Å². The second-order valence-electron chi connectivity index (χ2n) is 7.11. The number of hydrogen-bond acceptors (Lipinski definition) is 5. The van der Waals surface area contributed by atoms with Crippen LogP contribution in [0.5, 0.6) is 5.75 Å². The fraction of sp³-hybridized carbons (Fsp3) is 0.286. The lowest BCUT2D eigenvalue weighted by molar-refractivity contribution is -0.137. The minimum absolute atomic E-state index is 0.115. The number of halogens is 3. The number of nitrogens with one attached hydrogen (secondary N) is 1. The van der Waals surface area contributed by atoms with Crippen LogP contribution in [0.4, 0.5) is 18.9 Å². The smallest absolute Gasteiger partial charge is 0.416 e. The second-order valence-corrected chi connectivity index (χ2v) is 7.11. The number of benzene rings is 1. The van der Waals surface area contributed by atoms with Crippen molar-refractivity contribution in [3.63, 3.8) is 0 Å². The van der Waals surface area contributed by atoms with E-state index in [1.54, 1.807) is 25.3 Å². The summed E-state index contributed by atoms with van der Waals surface area (Å²) in [6, 6.07) is 7.22. The van der Waals surface area contributed by atoms with Crippen molar-refractivity contribution < 1.29 is 32.2 Å². The number of esters is 1. The highest BCUT2D eigenvalue weighted by Gasteiger charge is 2.32. The van der Waals surface area contributed by atoms with Crippen molar-refractivity contribution in [3.05, 3.63) is 59.9 Å². The Bertz CT molecular complexity index is 1110. The van der Waals surface area contributed by atoms with Crippen LogP contribution in [0.2, 0.25) is 0 Å². The summed E-state index contributed by atoms with van der Waals surface area (Å²) in [6.45, 7) is 4.87. The molecule has 0 radical (unpaired) electrons. The molecule has 0 aliphatic heterocycles. The molecule has 2 aromatic heterocycles. The Labute approximate surface area is 175 Å². The number of amides is 1. The molecule has 3 rings (SSSR count). The monoisotopic (exact) mass is 435 g/mol. The van der Waals surface area contributed by atoms with E-state index in [-0.39, 0.29) is 17.9 Å². The maximum absolute atomic E-state index is 12.7. The molecule has 3 aromatic rings. The van der Waals surface area contributed by atoms with Gasteiger partial charge in [-0.15, -0.1) is 0 Å². The number of ether oxygens (including phenoxy) is 2. The lowest BCUT2D eigenvalue weighted by Crippen LogP contribution is -2.42. The van der Waals surface area contributed by atoms with Crippen LogP contribution in [0, 0.1) is 0 Å². The van der Waals surface area contributed by atoms with Crippen LogP contribution in [0.15, 0.2) is 48.8 Å². The molecule has 7 nitrogen and oxygen atoms in total. The molecule has 164 valence electrons. The first-order valence-corrected chi connectivity index (χ1v) is 9.33. The maximum Gasteiger partial charge on any atom is 0.416 e. The van der Waals surface area contributed by atoms with Crippen molar-refractivity contribution in [1.29, 1.82) is 0 Å². The van der Waals surface area contributed by atoms with Gasteiger partial charge in [0, 0.05) is 11.9 Å². The lowest BCUT2D eigenvalue weighted by atomic mass is 10.1. The number of hydrogen-bond donors (Lipinski definition) is 1. The number of fused-ring (bicyclic) bond motifs is 1. The summed E-state index contributed by atoms with van der Waals surface area (Å²) < 4.78 is 50.1. The number of carbonyl (C=O) groups excluding carboxylic acids is 2. The van der Waals surface area contributed by atoms with Crippen molar-refractivity contribution in [2.45, 2.75) is 32.5 Å². The number of pyridine rings is 1. The lowest BCUT2D eigenvalue weighted by Gasteiger charge is -2.25. The molecule has 2 heterocycles. The van der Waals surface area contributed by atoms with Gasteiger partial charge in [-0.1, -0.05) is 0 Å². The van der Waals surface area contributed by atoms with Crippen molar-refractivity contribution in [2.24, 2.45) is 0 Å². The first-order valence-electron chi connectivity index (χ1n) is 9.33. The Balaban J connectivity index is 1.75. The standard InChI is InChI=1S/C21H20F3N3O4/c1-4-30-18(28)16-12-25-27-10-9-14(11-17(16)27)26-19(29)20(2,3)31-15-7-5-13(6-8-15)21(22,23)24/h5-12H,4H2,1-3H3,(H,26,29). The Morgan fingerprint density at radius 2 is 1.81 bits per heavy atom. The molecule has 0 aliphatic rings. The molecule has 0 unspecified atom stereocenters. The molecular formula is C21H20F3N3O4. The molecule has 0 spiro atoms. The molecule has 1 aromatic carbocycles. The molecule has 0 saturated carbocycles. The topological polar surface area (TPSA) is 81.9 Å². The van der Waals surface area contributed by atoms with Crippen LogP contribution in [0.1, 0.15) is 36.7 Å². The Hall–Kier alpha value is -3.56. The Kier molecular flexibility index (Phi) is 5.92. The van der Waals surface area contributed by atoms with Crippen LogP contribution in [0.25, 0.3) is 5.52 Å². The molecule has 0 bridgehead atoms. The Morgan fingerprint density at radius 1 is 1.13 bits per heavy atom. The summed E-state index contributed by atoms with van der Waals surface area (Å²) in [6.07, 6.45) is -1.52. The molecule has 31 heavy (non-hydrogen) atoms. The summed E-state index contributed by atoms with van der Waals surface area (Å²) in [5.41, 5.74) is -1.13. The minimum Gasteiger partial charge on any atom is -0.478 e. The third-order valence-electron chi connectivity index (χ3n) is 4.38. The number of nitrogens with zero attached hydrogens (tertiary/aromatic N) is 2. The third kappa shape index (κ3) is 4.96. The number of anilines is 1. The first kappa shape index (κ1) is 22.1. The fourth-order valence-corrected chi connectivity index (χ4v) is 2.76. The van der Waals surface area contributed by atoms with Crippen LogP contribution in [-0.4, -0.2) is 33.7 Å². The van der Waals surface area contributed by atoms with Gasteiger partial charge in [-0.25, -0.2) is 9.31 Å². The average molecular weight is 435 g/mol. The molecule has 0 saturated heterocycles. The van der Waals surface area contributed by atoms with Crippen molar-refractivity contribution >= 4 is 23.1 Å². The molecular weight excluding hydrogens is 415 g/mol. The van der Waals surface area contributed by atoms with Crippen molar-refractivity contribution in [2.75, 3.05) is 11.9 Å². The highest BCUT2D eigenvalue weighted by molar-refractivity contribution is 6.00. The van der Waals surface area contributed by atoms with E-state index in [0.29, 0.717) is 11.2 Å². The predicted octanol–water partition coefficient (Wildman–Crippen LogP) is 4.33. The van der Waals surface area contributed by atoms with Crippen LogP contribution < -0.4 is 10.1 Å². The minimum atomic E-state index is -4.46. The largest absolute Gasteiger partial charge is 0.478 e. The van der Waals surface area contributed by atoms with Gasteiger partial charge in [0.25, 0.3) is 5.91 Å². The molecule has 0 atom stereocenters. The number of alkyl halides is 3. The molecule has 0 fully saturated rings. The molecule has 1 N–H and O–H groups in total. The SMILES string of the molecule is CCOC(=O)c1cnn2ccc(NC(=O)C(C)(C)Oc3ccc(C(F)(F)F)cc3)cc12. The molecule has 0 aliphatic carbocycles. The van der Waals surface area contributed by atoms with Crippen molar-refractivity contribution in [1.82, 2.24) is 9.61 Å². The molecule has 1 amide bonds. The zero-order valence-electron chi connectivity index (χ0n) is 17.0. The summed E-state index contributed by atoms with van der Waals surface area (Å²) in [5.74, 6) is -0.954. The van der Waals surface area contributed by atoms with E-state index < -0.39 is 29.2 Å². The van der Waals surface area contributed by atoms with Crippen LogP contribution in [-0.2, 0) is 15.7 Å². The number of aromatic nitrogens is 2. The normalized spacial score (nSPS) is 11.9. The summed E-state index contributed by atoms with van der Waals surface area (Å²) in [7, 11) is 0. The van der Waals surface area contributed by atoms with E-state index in [9.17, 15) is 22.8 Å². The predicted molar refractivity (Wildman–Crippen MR) is 106 cm³/mol. The molecule has 10 heteroatoms. The fourth-order valence-electron chi connectivity index (χ4n) is 2.76. The van der Waals surface area contributed by atoms with Gasteiger partial charge in [0.05, 0.1) is 23.9 Å². The van der Waals surface area contributed by atoms with Crippen LogP contribution >= 0.6 is 0 Å². The van der Waals surface area contributed by atoms with E-state index in [2.05, 4.69) is 10.4 Å². The highest BCUT2D eigenvalue weighted by atomic mass is 19.4. The number of rotatable bonds is 6. The quantitative estimate of drug-likeness (QED) is 0.583. The van der Waals surface area contributed by atoms with Gasteiger partial charge < -0.3 is 14.8 Å². The Morgan fingerprint density at radius 3 is 2.42 bits per heavy atom. The van der Waals surface area contributed by atoms with Gasteiger partial charge in [-0.05, 0) is 57.2 Å². The van der Waals surface area contributed by atoms with Gasteiger partial charge in [0.1, 0.15) is 11.3 Å². The summed E-state index contributed by atoms with van der Waals surface area (Å²) in [5, 5.41) is 6.75. The zero-order chi connectivity index (χ0) is 22.8. The number of carbonyl (C=O) groups is 2.